The maximum atomic E-state index is 6.23. The van der Waals surface area contributed by atoms with Crippen LogP contribution in [0.2, 0.25) is 0 Å². The summed E-state index contributed by atoms with van der Waals surface area (Å²) < 4.78 is 6.23. The molecule has 4 heteroatoms. The fourth-order valence-corrected chi connectivity index (χ4v) is 3.69. The van der Waals surface area contributed by atoms with Gasteiger partial charge in [-0.2, -0.15) is 0 Å². The van der Waals surface area contributed by atoms with Gasteiger partial charge in [0.15, 0.2) is 0 Å². The molecule has 1 heterocycles. The van der Waals surface area contributed by atoms with Crippen molar-refractivity contribution in [3.05, 3.63) is 125 Å². The van der Waals surface area contributed by atoms with Gasteiger partial charge >= 0.3 is 0 Å². The number of allylic oxidation sites excluding steroid dienone is 2. The lowest BCUT2D eigenvalue weighted by molar-refractivity contribution is 0.305. The van der Waals surface area contributed by atoms with Gasteiger partial charge in [-0.15, -0.1) is 0 Å². The third-order valence-corrected chi connectivity index (χ3v) is 5.66. The molecule has 0 unspecified atom stereocenters. The van der Waals surface area contributed by atoms with Gasteiger partial charge in [0.1, 0.15) is 26.0 Å². The largest absolute Gasteiger partial charge is 0.488 e. The van der Waals surface area contributed by atoms with Gasteiger partial charge in [-0.1, -0.05) is 79.4 Å². The zero-order valence-electron chi connectivity index (χ0n) is 18.2. The summed E-state index contributed by atoms with van der Waals surface area (Å²) in [6, 6.07) is 28.9. The minimum Gasteiger partial charge on any atom is -0.488 e. The first-order valence-electron chi connectivity index (χ1n) is 10.7. The van der Waals surface area contributed by atoms with Gasteiger partial charge in [0.2, 0.25) is 0 Å². The van der Waals surface area contributed by atoms with Crippen molar-refractivity contribution in [2.45, 2.75) is 20.0 Å². The van der Waals surface area contributed by atoms with Crippen LogP contribution in [0.15, 0.2) is 113 Å². The predicted molar refractivity (Wildman–Crippen MR) is 131 cm³/mol. The Balaban J connectivity index is 1.63. The lowest BCUT2D eigenvalue weighted by Crippen LogP contribution is -2.36. The van der Waals surface area contributed by atoms with E-state index in [0.717, 1.165) is 52.5 Å². The highest BCUT2D eigenvalue weighted by molar-refractivity contribution is 6.26. The van der Waals surface area contributed by atoms with Gasteiger partial charge in [0.05, 0.1) is 5.56 Å². The van der Waals surface area contributed by atoms with Gasteiger partial charge in [-0.05, 0) is 42.1 Å². The van der Waals surface area contributed by atoms with E-state index < -0.39 is 0 Å². The molecule has 3 nitrogen and oxygen atoms in total. The molecular weight excluding hydrogens is 379 g/mol. The maximum Gasteiger partial charge on any atom is 0.144 e. The predicted octanol–water partition coefficient (Wildman–Crippen LogP) is 4.95. The summed E-state index contributed by atoms with van der Waals surface area (Å²) in [5.74, 6) is 1.72. The third kappa shape index (κ3) is 4.80. The minimum atomic E-state index is 0.518. The summed E-state index contributed by atoms with van der Waals surface area (Å²) in [7, 11) is 2.09. The number of benzene rings is 3. The molecule has 0 atom stereocenters. The van der Waals surface area contributed by atoms with Crippen LogP contribution in [0.5, 0.6) is 5.75 Å². The van der Waals surface area contributed by atoms with Crippen molar-refractivity contribution in [2.24, 2.45) is 4.99 Å². The number of para-hydroxylation sites is 1. The maximum absolute atomic E-state index is 6.23. The van der Waals surface area contributed by atoms with Crippen molar-refractivity contribution >= 4 is 13.7 Å². The van der Waals surface area contributed by atoms with Crippen molar-refractivity contribution in [1.29, 1.82) is 0 Å². The molecule has 0 saturated carbocycles. The van der Waals surface area contributed by atoms with Crippen LogP contribution in [-0.2, 0) is 13.0 Å². The van der Waals surface area contributed by atoms with Crippen LogP contribution in [-0.4, -0.2) is 25.1 Å². The van der Waals surface area contributed by atoms with Crippen LogP contribution < -0.4 is 4.74 Å². The van der Waals surface area contributed by atoms with Crippen LogP contribution in [0.4, 0.5) is 0 Å². The number of hydrogen-bond acceptors (Lipinski definition) is 3. The highest BCUT2D eigenvalue weighted by atomic mass is 16.5. The number of aliphatic imine (C=N–C) groups is 1. The Morgan fingerprint density at radius 1 is 0.871 bits per heavy atom. The van der Waals surface area contributed by atoms with Gasteiger partial charge in [-0.3, -0.25) is 0 Å². The van der Waals surface area contributed by atoms with Gasteiger partial charge < -0.3 is 9.64 Å². The standard InChI is InChI=1S/C27H27BN2O/c1-20-26(28)21(2)30(18-17-22-11-5-3-6-12-22)27(29-20)24-15-9-10-16-25(24)31-19-23-13-7-4-8-14-23/h3-16H,2,17-19,28H2,1H3. The fraction of sp³-hybridized carbons (Fsp3) is 0.148. The smallest absolute Gasteiger partial charge is 0.144 e. The molecule has 1 aliphatic rings. The number of nitrogens with zero attached hydrogens (tertiary/aromatic N) is 2. The van der Waals surface area contributed by atoms with Crippen LogP contribution in [0, 0.1) is 0 Å². The summed E-state index contributed by atoms with van der Waals surface area (Å²) in [6.45, 7) is 7.75. The number of ether oxygens (including phenoxy) is 1. The first-order chi connectivity index (χ1) is 15.1. The molecule has 3 aromatic rings. The lowest BCUT2D eigenvalue weighted by Gasteiger charge is -2.33. The van der Waals surface area contributed by atoms with E-state index in [0.29, 0.717) is 6.61 Å². The van der Waals surface area contributed by atoms with Crippen molar-refractivity contribution in [2.75, 3.05) is 6.54 Å². The van der Waals surface area contributed by atoms with E-state index in [-0.39, 0.29) is 0 Å². The van der Waals surface area contributed by atoms with Crippen molar-refractivity contribution in [3.8, 4) is 5.75 Å². The summed E-state index contributed by atoms with van der Waals surface area (Å²) >= 11 is 0. The molecule has 0 amide bonds. The van der Waals surface area contributed by atoms with E-state index in [9.17, 15) is 0 Å². The third-order valence-electron chi connectivity index (χ3n) is 5.66. The SMILES string of the molecule is BC1=C(C)N=C(c2ccccc2OCc2ccccc2)N(CCc2ccccc2)C1=C. The summed E-state index contributed by atoms with van der Waals surface area (Å²) in [5, 5.41) is 0. The first-order valence-corrected chi connectivity index (χ1v) is 10.7. The molecule has 0 aliphatic carbocycles. The molecule has 4 rings (SSSR count). The zero-order valence-corrected chi connectivity index (χ0v) is 18.2. The Kier molecular flexibility index (Phi) is 6.37. The summed E-state index contributed by atoms with van der Waals surface area (Å²) in [6.07, 6.45) is 0.915. The second kappa shape index (κ2) is 9.52. The normalized spacial score (nSPS) is 13.9. The highest BCUT2D eigenvalue weighted by Gasteiger charge is 2.25. The molecule has 0 aromatic heterocycles. The summed E-state index contributed by atoms with van der Waals surface area (Å²) in [4.78, 5) is 7.20. The molecule has 1 aliphatic heterocycles. The van der Waals surface area contributed by atoms with E-state index in [1.807, 2.05) is 49.4 Å². The summed E-state index contributed by atoms with van der Waals surface area (Å²) in [5.41, 5.74) is 6.54. The van der Waals surface area contributed by atoms with Crippen LogP contribution >= 0.6 is 0 Å². The number of rotatable bonds is 7. The molecule has 154 valence electrons. The van der Waals surface area contributed by atoms with Crippen molar-refractivity contribution in [1.82, 2.24) is 4.90 Å². The van der Waals surface area contributed by atoms with E-state index >= 15 is 0 Å². The first kappa shape index (κ1) is 20.7. The Bertz CT molecular complexity index is 1120. The van der Waals surface area contributed by atoms with E-state index in [1.165, 1.54) is 5.56 Å². The van der Waals surface area contributed by atoms with E-state index in [2.05, 4.69) is 61.8 Å². The van der Waals surface area contributed by atoms with E-state index in [4.69, 9.17) is 9.73 Å². The molecule has 0 radical (unpaired) electrons. The molecule has 31 heavy (non-hydrogen) atoms. The monoisotopic (exact) mass is 406 g/mol. The molecular formula is C27H27BN2O. The molecule has 0 N–H and O–H groups in total. The zero-order chi connectivity index (χ0) is 21.6. The quantitative estimate of drug-likeness (QED) is 0.519. The second-order valence-corrected chi connectivity index (χ2v) is 7.75. The molecule has 0 fully saturated rings. The Morgan fingerprint density at radius 2 is 1.48 bits per heavy atom. The molecule has 0 saturated heterocycles. The Morgan fingerprint density at radius 3 is 2.19 bits per heavy atom. The fourth-order valence-electron chi connectivity index (χ4n) is 3.69. The molecule has 0 spiro atoms. The topological polar surface area (TPSA) is 24.8 Å². The van der Waals surface area contributed by atoms with E-state index in [1.54, 1.807) is 0 Å². The average molecular weight is 406 g/mol. The Hall–Kier alpha value is -3.53. The highest BCUT2D eigenvalue weighted by Crippen LogP contribution is 2.29. The van der Waals surface area contributed by atoms with Crippen molar-refractivity contribution in [3.63, 3.8) is 0 Å². The van der Waals surface area contributed by atoms with Gasteiger partial charge in [0.25, 0.3) is 0 Å². The molecule has 3 aromatic carbocycles. The minimum absolute atomic E-state index is 0.518. The lowest BCUT2D eigenvalue weighted by atomic mass is 9.88. The van der Waals surface area contributed by atoms with Gasteiger partial charge in [-0.25, -0.2) is 4.99 Å². The second-order valence-electron chi connectivity index (χ2n) is 7.75. The van der Waals surface area contributed by atoms with Crippen molar-refractivity contribution < 1.29 is 4.74 Å². The van der Waals surface area contributed by atoms with Crippen LogP contribution in [0.3, 0.4) is 0 Å². The van der Waals surface area contributed by atoms with Crippen LogP contribution in [0.25, 0.3) is 0 Å². The van der Waals surface area contributed by atoms with Crippen LogP contribution in [0.1, 0.15) is 23.6 Å². The number of amidine groups is 1. The van der Waals surface area contributed by atoms with Gasteiger partial charge in [0, 0.05) is 17.9 Å². The average Bonchev–Trinajstić information content (AvgIpc) is 2.82. The number of hydrogen-bond donors (Lipinski definition) is 0. The molecule has 0 bridgehead atoms. The Labute approximate surface area is 185 Å².